The fourth-order valence-electron chi connectivity index (χ4n) is 4.83. The third-order valence-electron chi connectivity index (χ3n) is 6.60. The van der Waals surface area contributed by atoms with Crippen LogP contribution in [0.5, 0.6) is 0 Å². The zero-order chi connectivity index (χ0) is 27.5. The van der Waals surface area contributed by atoms with Gasteiger partial charge in [-0.15, -0.1) is 6.58 Å². The molecule has 0 amide bonds. The number of rotatable bonds is 13. The van der Waals surface area contributed by atoms with Gasteiger partial charge in [0, 0.05) is 0 Å². The lowest BCUT2D eigenvalue weighted by Gasteiger charge is -2.30. The minimum atomic E-state index is -0.951. The van der Waals surface area contributed by atoms with Crippen molar-refractivity contribution in [1.82, 2.24) is 0 Å². The first-order valence-electron chi connectivity index (χ1n) is 13.3. The number of hydrogen-bond donors (Lipinski definition) is 0. The predicted octanol–water partition coefficient (Wildman–Crippen LogP) is 6.41. The summed E-state index contributed by atoms with van der Waals surface area (Å²) in [5, 5.41) is 3.33. The maximum Gasteiger partial charge on any atom is 0.339 e. The Morgan fingerprint density at radius 3 is 1.95 bits per heavy atom. The molecule has 0 fully saturated rings. The van der Waals surface area contributed by atoms with Crippen LogP contribution in [0.15, 0.2) is 97.6 Å². The number of carbonyl (C=O) groups excluding carboxylic acids is 2. The van der Waals surface area contributed by atoms with E-state index < -0.39 is 7.92 Å². The monoisotopic (exact) mass is 530 g/mol. The van der Waals surface area contributed by atoms with Crippen LogP contribution in [0.1, 0.15) is 50.9 Å². The molecule has 0 spiro atoms. The molecule has 0 aliphatic heterocycles. The van der Waals surface area contributed by atoms with Gasteiger partial charge < -0.3 is 9.47 Å². The number of hydrogen-bond acceptors (Lipinski definition) is 4. The summed E-state index contributed by atoms with van der Waals surface area (Å²) in [6.07, 6.45) is 2.46. The summed E-state index contributed by atoms with van der Waals surface area (Å²) in [7, 11) is -0.951. The quantitative estimate of drug-likeness (QED) is 0.146. The van der Waals surface area contributed by atoms with Crippen molar-refractivity contribution >= 4 is 35.8 Å². The van der Waals surface area contributed by atoms with Crippen LogP contribution in [-0.4, -0.2) is 24.6 Å². The van der Waals surface area contributed by atoms with E-state index in [0.717, 1.165) is 5.30 Å². The van der Waals surface area contributed by atoms with Crippen molar-refractivity contribution < 1.29 is 19.1 Å². The lowest BCUT2D eigenvalue weighted by molar-refractivity contribution is -0.144. The molecule has 3 atom stereocenters. The largest absolute Gasteiger partial charge is 0.466 e. The van der Waals surface area contributed by atoms with Gasteiger partial charge in [-0.25, -0.2) is 4.79 Å². The molecule has 0 radical (unpaired) electrons. The van der Waals surface area contributed by atoms with Gasteiger partial charge in [0.1, 0.15) is 6.10 Å². The van der Waals surface area contributed by atoms with E-state index in [1.165, 1.54) is 10.6 Å². The lowest BCUT2D eigenvalue weighted by Crippen LogP contribution is -2.33. The highest BCUT2D eigenvalue weighted by atomic mass is 31.1. The summed E-state index contributed by atoms with van der Waals surface area (Å²) >= 11 is 0. The zero-order valence-electron chi connectivity index (χ0n) is 22.9. The summed E-state index contributed by atoms with van der Waals surface area (Å²) in [6, 6.07) is 28.5. The molecule has 0 N–H and O–H groups in total. The highest BCUT2D eigenvalue weighted by molar-refractivity contribution is 7.80. The van der Waals surface area contributed by atoms with Gasteiger partial charge in [0.15, 0.2) is 0 Å². The van der Waals surface area contributed by atoms with Gasteiger partial charge in [0.25, 0.3) is 0 Å². The van der Waals surface area contributed by atoms with Crippen molar-refractivity contribution in [3.8, 4) is 0 Å². The summed E-state index contributed by atoms with van der Waals surface area (Å²) < 4.78 is 11.4. The lowest BCUT2D eigenvalue weighted by atomic mass is 9.85. The van der Waals surface area contributed by atoms with E-state index in [1.54, 1.807) is 13.0 Å². The van der Waals surface area contributed by atoms with E-state index in [2.05, 4.69) is 51.6 Å². The van der Waals surface area contributed by atoms with Crippen LogP contribution >= 0.6 is 7.92 Å². The topological polar surface area (TPSA) is 52.6 Å². The second kappa shape index (κ2) is 14.6. The molecule has 0 aromatic heterocycles. The van der Waals surface area contributed by atoms with E-state index in [4.69, 9.17) is 9.47 Å². The summed E-state index contributed by atoms with van der Waals surface area (Å²) in [5.41, 5.74) is 0.593. The molecular weight excluding hydrogens is 491 g/mol. The van der Waals surface area contributed by atoms with Crippen LogP contribution < -0.4 is 15.9 Å². The van der Waals surface area contributed by atoms with E-state index in [-0.39, 0.29) is 42.2 Å². The van der Waals surface area contributed by atoms with Gasteiger partial charge in [-0.3, -0.25) is 4.79 Å². The van der Waals surface area contributed by atoms with E-state index in [1.807, 2.05) is 60.7 Å². The number of esters is 2. The molecular formula is C33H39O4P. The maximum absolute atomic E-state index is 13.8. The molecule has 0 saturated heterocycles. The van der Waals surface area contributed by atoms with Crippen molar-refractivity contribution in [3.05, 3.63) is 103 Å². The van der Waals surface area contributed by atoms with Crippen LogP contribution in [0.4, 0.5) is 0 Å². The minimum absolute atomic E-state index is 0.0355. The maximum atomic E-state index is 13.8. The van der Waals surface area contributed by atoms with Gasteiger partial charge in [0.2, 0.25) is 0 Å². The Balaban J connectivity index is 1.88. The molecule has 5 heteroatoms. The minimum Gasteiger partial charge on any atom is -0.466 e. The number of carbonyl (C=O) groups is 2. The van der Waals surface area contributed by atoms with Crippen molar-refractivity contribution in [2.45, 2.75) is 46.6 Å². The number of benzene rings is 3. The van der Waals surface area contributed by atoms with Gasteiger partial charge in [-0.2, -0.15) is 0 Å². The summed E-state index contributed by atoms with van der Waals surface area (Å²) in [5.74, 6) is -0.439. The Kier molecular flexibility index (Phi) is 11.3. The van der Waals surface area contributed by atoms with Crippen LogP contribution in [-0.2, 0) is 14.3 Å². The van der Waals surface area contributed by atoms with Crippen molar-refractivity contribution in [3.63, 3.8) is 0 Å². The predicted molar refractivity (Wildman–Crippen MR) is 158 cm³/mol. The van der Waals surface area contributed by atoms with Crippen LogP contribution in [0, 0.1) is 17.8 Å². The molecule has 3 rings (SSSR count). The van der Waals surface area contributed by atoms with Gasteiger partial charge in [-0.05, 0) is 61.0 Å². The van der Waals surface area contributed by atoms with Crippen molar-refractivity contribution in [2.75, 3.05) is 6.61 Å². The average Bonchev–Trinajstić information content (AvgIpc) is 2.92. The fraction of sp³-hybridized carbons (Fsp3) is 0.333. The molecule has 4 nitrogen and oxygen atoms in total. The Labute approximate surface area is 228 Å². The third kappa shape index (κ3) is 7.88. The molecule has 200 valence electrons. The van der Waals surface area contributed by atoms with Crippen molar-refractivity contribution in [1.29, 1.82) is 0 Å². The molecule has 0 unspecified atom stereocenters. The second-order valence-electron chi connectivity index (χ2n) is 9.86. The molecule has 0 heterocycles. The first kappa shape index (κ1) is 29.3. The second-order valence-corrected chi connectivity index (χ2v) is 12.0. The molecule has 0 aliphatic rings. The first-order chi connectivity index (χ1) is 18.3. The highest BCUT2D eigenvalue weighted by Gasteiger charge is 2.30. The zero-order valence-corrected chi connectivity index (χ0v) is 23.8. The molecule has 38 heavy (non-hydrogen) atoms. The third-order valence-corrected chi connectivity index (χ3v) is 9.10. The smallest absolute Gasteiger partial charge is 0.339 e. The standard InChI is InChI=1S/C33H39O4P/c1-6-26(23-31(34)36-7-2)22-25(5)32(24(3)4)37-33(35)29-20-14-15-21-30(29)38(27-16-10-8-11-17-27)28-18-12-9-13-19-28/h6,8-21,24-26,32H,1,7,22-23H2,2-5H3/t25-,26-,32-/m0/s1. The van der Waals surface area contributed by atoms with E-state index >= 15 is 0 Å². The van der Waals surface area contributed by atoms with Gasteiger partial charge >= 0.3 is 11.9 Å². The van der Waals surface area contributed by atoms with Crippen molar-refractivity contribution in [2.24, 2.45) is 17.8 Å². The molecule has 3 aromatic rings. The SMILES string of the molecule is C=C[C@H](CC(=O)OCC)C[C@H](C)[C@@H](OC(=O)c1ccccc1P(c1ccccc1)c1ccccc1)C(C)C. The van der Waals surface area contributed by atoms with Crippen LogP contribution in [0.3, 0.4) is 0 Å². The molecule has 0 aliphatic carbocycles. The number of ether oxygens (including phenoxy) is 2. The van der Waals surface area contributed by atoms with Gasteiger partial charge in [0.05, 0.1) is 18.6 Å². The van der Waals surface area contributed by atoms with Crippen LogP contribution in [0.25, 0.3) is 0 Å². The normalized spacial score (nSPS) is 13.5. The fourth-order valence-corrected chi connectivity index (χ4v) is 7.26. The van der Waals surface area contributed by atoms with E-state index in [0.29, 0.717) is 18.6 Å². The Bertz CT molecular complexity index is 1140. The molecule has 0 saturated carbocycles. The average molecular weight is 531 g/mol. The Morgan fingerprint density at radius 1 is 0.868 bits per heavy atom. The van der Waals surface area contributed by atoms with E-state index in [9.17, 15) is 9.59 Å². The Morgan fingerprint density at radius 2 is 1.42 bits per heavy atom. The first-order valence-corrected chi connectivity index (χ1v) is 14.7. The Hall–Kier alpha value is -3.23. The summed E-state index contributed by atoms with van der Waals surface area (Å²) in [6.45, 7) is 12.3. The van der Waals surface area contributed by atoms with Gasteiger partial charge in [-0.1, -0.05) is 106 Å². The van der Waals surface area contributed by atoms with Crippen LogP contribution in [0.2, 0.25) is 0 Å². The molecule has 3 aromatic carbocycles. The highest BCUT2D eigenvalue weighted by Crippen LogP contribution is 2.35. The number of allylic oxidation sites excluding steroid dienone is 1. The summed E-state index contributed by atoms with van der Waals surface area (Å²) in [4.78, 5) is 25.8. The molecule has 0 bridgehead atoms.